The third-order valence-corrected chi connectivity index (χ3v) is 3.46. The van der Waals surface area contributed by atoms with Crippen molar-refractivity contribution in [2.75, 3.05) is 13.1 Å². The third kappa shape index (κ3) is 5.19. The van der Waals surface area contributed by atoms with Gasteiger partial charge in [0.1, 0.15) is 6.04 Å². The van der Waals surface area contributed by atoms with Crippen LogP contribution < -0.4 is 5.32 Å². The summed E-state index contributed by atoms with van der Waals surface area (Å²) in [7, 11) is 0. The minimum absolute atomic E-state index is 0.0519. The Bertz CT molecular complexity index is 357. The van der Waals surface area contributed by atoms with Gasteiger partial charge in [-0.1, -0.05) is 6.92 Å². The highest BCUT2D eigenvalue weighted by Crippen LogP contribution is 2.18. The number of nitrogens with zero attached hydrogens (tertiary/aromatic N) is 1. The number of carboxylic acids is 1. The molecule has 0 aromatic rings. The second kappa shape index (κ2) is 8.55. The summed E-state index contributed by atoms with van der Waals surface area (Å²) >= 11 is 0. The molecule has 0 saturated carbocycles. The Labute approximate surface area is 119 Å². The summed E-state index contributed by atoms with van der Waals surface area (Å²) in [6, 6.07) is -0.339. The molecule has 0 spiro atoms. The van der Waals surface area contributed by atoms with Gasteiger partial charge in [-0.25, -0.2) is 0 Å². The minimum atomic E-state index is -0.816. The van der Waals surface area contributed by atoms with Crippen LogP contribution in [0.4, 0.5) is 0 Å². The highest BCUT2D eigenvalue weighted by Gasteiger charge is 2.33. The number of hydrogen-bond donors (Lipinski definition) is 2. The summed E-state index contributed by atoms with van der Waals surface area (Å²) in [5, 5.41) is 11.3. The molecule has 1 aliphatic rings. The van der Waals surface area contributed by atoms with Crippen molar-refractivity contribution >= 4 is 17.8 Å². The minimum Gasteiger partial charge on any atom is -0.481 e. The van der Waals surface area contributed by atoms with Gasteiger partial charge in [-0.3, -0.25) is 14.4 Å². The molecule has 6 heteroatoms. The van der Waals surface area contributed by atoms with Gasteiger partial charge in [0.2, 0.25) is 11.8 Å². The van der Waals surface area contributed by atoms with E-state index in [0.29, 0.717) is 32.4 Å². The molecule has 1 unspecified atom stereocenters. The van der Waals surface area contributed by atoms with E-state index in [-0.39, 0.29) is 24.3 Å². The fourth-order valence-electron chi connectivity index (χ4n) is 2.43. The number of carbonyl (C=O) groups excluding carboxylic acids is 2. The van der Waals surface area contributed by atoms with Crippen LogP contribution >= 0.6 is 0 Å². The van der Waals surface area contributed by atoms with Crippen molar-refractivity contribution in [3.05, 3.63) is 0 Å². The van der Waals surface area contributed by atoms with Crippen LogP contribution in [0.5, 0.6) is 0 Å². The monoisotopic (exact) mass is 284 g/mol. The average Bonchev–Trinajstić information content (AvgIpc) is 2.87. The first kappa shape index (κ1) is 16.5. The number of unbranched alkanes of at least 4 members (excludes halogenated alkanes) is 1. The molecule has 2 N–H and O–H groups in total. The van der Waals surface area contributed by atoms with E-state index in [1.54, 1.807) is 4.90 Å². The first-order valence-electron chi connectivity index (χ1n) is 7.35. The molecule has 0 radical (unpaired) electrons. The van der Waals surface area contributed by atoms with Crippen molar-refractivity contribution in [3.63, 3.8) is 0 Å². The standard InChI is InChI=1S/C14H24N2O4/c1-2-6-12(17)16-10-5-7-11(16)14(20)15-9-4-3-8-13(18)19/h11H,2-10H2,1H3,(H,15,20)(H,18,19). The van der Waals surface area contributed by atoms with Crippen molar-refractivity contribution in [2.45, 2.75) is 57.9 Å². The lowest BCUT2D eigenvalue weighted by atomic mass is 10.2. The Morgan fingerprint density at radius 3 is 2.65 bits per heavy atom. The van der Waals surface area contributed by atoms with Gasteiger partial charge in [0, 0.05) is 25.9 Å². The van der Waals surface area contributed by atoms with Crippen LogP contribution in [0.25, 0.3) is 0 Å². The molecule has 1 aliphatic heterocycles. The molecule has 1 atom stereocenters. The van der Waals surface area contributed by atoms with Crippen LogP contribution in [-0.2, 0) is 14.4 Å². The number of rotatable bonds is 8. The topological polar surface area (TPSA) is 86.7 Å². The van der Waals surface area contributed by atoms with E-state index in [2.05, 4.69) is 5.32 Å². The Morgan fingerprint density at radius 1 is 1.25 bits per heavy atom. The molecule has 0 aromatic heterocycles. The molecule has 1 saturated heterocycles. The molecular formula is C14H24N2O4. The van der Waals surface area contributed by atoms with Crippen molar-refractivity contribution < 1.29 is 19.5 Å². The number of carbonyl (C=O) groups is 3. The fraction of sp³-hybridized carbons (Fsp3) is 0.786. The van der Waals surface area contributed by atoms with E-state index in [9.17, 15) is 14.4 Å². The van der Waals surface area contributed by atoms with Crippen LogP contribution in [0, 0.1) is 0 Å². The lowest BCUT2D eigenvalue weighted by Gasteiger charge is -2.23. The van der Waals surface area contributed by atoms with Gasteiger partial charge in [-0.2, -0.15) is 0 Å². The van der Waals surface area contributed by atoms with Gasteiger partial charge in [-0.05, 0) is 32.1 Å². The Hall–Kier alpha value is -1.59. The first-order chi connectivity index (χ1) is 9.56. The molecule has 0 aromatic carbocycles. The number of hydrogen-bond acceptors (Lipinski definition) is 3. The molecule has 0 aliphatic carbocycles. The lowest BCUT2D eigenvalue weighted by molar-refractivity contribution is -0.138. The second-order valence-corrected chi connectivity index (χ2v) is 5.14. The molecule has 1 heterocycles. The van der Waals surface area contributed by atoms with Crippen LogP contribution in [-0.4, -0.2) is 46.9 Å². The molecule has 20 heavy (non-hydrogen) atoms. The van der Waals surface area contributed by atoms with Gasteiger partial charge in [0.15, 0.2) is 0 Å². The summed E-state index contributed by atoms with van der Waals surface area (Å²) in [4.78, 5) is 36.0. The fourth-order valence-corrected chi connectivity index (χ4v) is 2.43. The maximum atomic E-state index is 12.0. The predicted molar refractivity (Wildman–Crippen MR) is 74.1 cm³/mol. The normalized spacial score (nSPS) is 18.1. The van der Waals surface area contributed by atoms with Crippen LogP contribution in [0.1, 0.15) is 51.9 Å². The van der Waals surface area contributed by atoms with E-state index >= 15 is 0 Å². The highest BCUT2D eigenvalue weighted by molar-refractivity contribution is 5.88. The Morgan fingerprint density at radius 2 is 2.00 bits per heavy atom. The van der Waals surface area contributed by atoms with E-state index < -0.39 is 5.97 Å². The summed E-state index contributed by atoms with van der Waals surface area (Å²) in [5.41, 5.74) is 0. The molecule has 2 amide bonds. The summed E-state index contributed by atoms with van der Waals surface area (Å²) in [6.45, 7) is 3.08. The van der Waals surface area contributed by atoms with E-state index in [0.717, 1.165) is 19.3 Å². The zero-order valence-corrected chi connectivity index (χ0v) is 12.1. The SMILES string of the molecule is CCCC(=O)N1CCCC1C(=O)NCCCCC(=O)O. The van der Waals surface area contributed by atoms with Gasteiger partial charge < -0.3 is 15.3 Å². The Balaban J connectivity index is 2.30. The van der Waals surface area contributed by atoms with Crippen LogP contribution in [0.15, 0.2) is 0 Å². The summed E-state index contributed by atoms with van der Waals surface area (Å²) in [5.74, 6) is -0.873. The zero-order chi connectivity index (χ0) is 15.0. The van der Waals surface area contributed by atoms with Crippen LogP contribution in [0.3, 0.4) is 0 Å². The van der Waals surface area contributed by atoms with Crippen molar-refractivity contribution in [3.8, 4) is 0 Å². The molecule has 1 fully saturated rings. The molecular weight excluding hydrogens is 260 g/mol. The Kier molecular flexibility index (Phi) is 7.04. The van der Waals surface area contributed by atoms with Gasteiger partial charge in [0.25, 0.3) is 0 Å². The predicted octanol–water partition coefficient (Wildman–Crippen LogP) is 1.15. The van der Waals surface area contributed by atoms with Crippen LogP contribution in [0.2, 0.25) is 0 Å². The van der Waals surface area contributed by atoms with Gasteiger partial charge >= 0.3 is 5.97 Å². The largest absolute Gasteiger partial charge is 0.481 e. The van der Waals surface area contributed by atoms with E-state index in [4.69, 9.17) is 5.11 Å². The summed E-state index contributed by atoms with van der Waals surface area (Å²) < 4.78 is 0. The number of aliphatic carboxylic acids is 1. The average molecular weight is 284 g/mol. The quantitative estimate of drug-likeness (QED) is 0.655. The van der Waals surface area contributed by atoms with Crippen molar-refractivity contribution in [2.24, 2.45) is 0 Å². The maximum Gasteiger partial charge on any atom is 0.303 e. The zero-order valence-electron chi connectivity index (χ0n) is 12.1. The van der Waals surface area contributed by atoms with E-state index in [1.807, 2.05) is 6.92 Å². The van der Waals surface area contributed by atoms with E-state index in [1.165, 1.54) is 0 Å². The van der Waals surface area contributed by atoms with Crippen molar-refractivity contribution in [1.82, 2.24) is 10.2 Å². The number of carboxylic acid groups (broad SMARTS) is 1. The summed E-state index contributed by atoms with van der Waals surface area (Å²) in [6.07, 6.45) is 4.19. The number of nitrogens with one attached hydrogen (secondary N) is 1. The number of likely N-dealkylation sites (tertiary alicyclic amines) is 1. The third-order valence-electron chi connectivity index (χ3n) is 3.46. The van der Waals surface area contributed by atoms with Gasteiger partial charge in [-0.15, -0.1) is 0 Å². The smallest absolute Gasteiger partial charge is 0.303 e. The molecule has 0 bridgehead atoms. The van der Waals surface area contributed by atoms with Gasteiger partial charge in [0.05, 0.1) is 0 Å². The molecule has 114 valence electrons. The second-order valence-electron chi connectivity index (χ2n) is 5.14. The first-order valence-corrected chi connectivity index (χ1v) is 7.35. The molecule has 6 nitrogen and oxygen atoms in total. The number of amides is 2. The molecule has 1 rings (SSSR count). The van der Waals surface area contributed by atoms with Crippen molar-refractivity contribution in [1.29, 1.82) is 0 Å². The lowest BCUT2D eigenvalue weighted by Crippen LogP contribution is -2.46. The highest BCUT2D eigenvalue weighted by atomic mass is 16.4. The maximum absolute atomic E-state index is 12.0.